The molecular formula is C20H19FN6O. The predicted octanol–water partition coefficient (Wildman–Crippen LogP) is 2.74. The van der Waals surface area contributed by atoms with Crippen molar-refractivity contribution in [2.45, 2.75) is 19.9 Å². The number of benzene rings is 1. The Bertz CT molecular complexity index is 1180. The van der Waals surface area contributed by atoms with Crippen molar-refractivity contribution >= 4 is 11.6 Å². The number of carbonyl (C=O) groups is 1. The fourth-order valence-electron chi connectivity index (χ4n) is 3.29. The summed E-state index contributed by atoms with van der Waals surface area (Å²) in [4.78, 5) is 21.8. The molecular weight excluding hydrogens is 359 g/mol. The van der Waals surface area contributed by atoms with Crippen molar-refractivity contribution in [2.24, 2.45) is 7.05 Å². The number of nitrogens with zero attached hydrogens (tertiary/aromatic N) is 5. The van der Waals surface area contributed by atoms with Gasteiger partial charge in [0.1, 0.15) is 23.2 Å². The standard InChI is InChI=1S/C20H19FN6O/c1-12-10-13(2)27-18(24-12)15(11-23-27)20(28)25-17(19-22-8-9-26(19)3)14-6-4-5-7-16(14)21/h4-11,17H,1-3H3,(H,25,28)/t17-/m0/s1. The van der Waals surface area contributed by atoms with Crippen LogP contribution in [-0.4, -0.2) is 30.1 Å². The largest absolute Gasteiger partial charge is 0.338 e. The average Bonchev–Trinajstić information content (AvgIpc) is 3.26. The van der Waals surface area contributed by atoms with Crippen molar-refractivity contribution < 1.29 is 9.18 Å². The Morgan fingerprint density at radius 3 is 2.75 bits per heavy atom. The number of hydrogen-bond acceptors (Lipinski definition) is 4. The van der Waals surface area contributed by atoms with E-state index in [9.17, 15) is 9.18 Å². The van der Waals surface area contributed by atoms with Gasteiger partial charge in [0, 0.05) is 36.4 Å². The molecule has 0 bridgehead atoms. The summed E-state index contributed by atoms with van der Waals surface area (Å²) in [5, 5.41) is 7.15. The van der Waals surface area contributed by atoms with Crippen LogP contribution in [0.15, 0.2) is 48.9 Å². The third-order valence-electron chi connectivity index (χ3n) is 4.63. The van der Waals surface area contributed by atoms with E-state index < -0.39 is 17.8 Å². The van der Waals surface area contributed by atoms with Gasteiger partial charge in [-0.05, 0) is 26.0 Å². The number of rotatable bonds is 4. The monoisotopic (exact) mass is 378 g/mol. The molecule has 1 amide bonds. The third kappa shape index (κ3) is 3.02. The first-order chi connectivity index (χ1) is 13.5. The van der Waals surface area contributed by atoms with E-state index in [1.807, 2.05) is 19.9 Å². The van der Waals surface area contributed by atoms with Crippen molar-refractivity contribution in [1.29, 1.82) is 0 Å². The lowest BCUT2D eigenvalue weighted by molar-refractivity contribution is 0.0942. The van der Waals surface area contributed by atoms with Crippen LogP contribution in [0.4, 0.5) is 4.39 Å². The highest BCUT2D eigenvalue weighted by Crippen LogP contribution is 2.24. The molecule has 0 radical (unpaired) electrons. The lowest BCUT2D eigenvalue weighted by atomic mass is 10.0. The van der Waals surface area contributed by atoms with Gasteiger partial charge in [-0.1, -0.05) is 18.2 Å². The van der Waals surface area contributed by atoms with E-state index in [2.05, 4.69) is 20.4 Å². The van der Waals surface area contributed by atoms with Crippen LogP contribution in [0.2, 0.25) is 0 Å². The maximum Gasteiger partial charge on any atom is 0.257 e. The number of aromatic nitrogens is 5. The molecule has 8 heteroatoms. The van der Waals surface area contributed by atoms with E-state index in [1.54, 1.807) is 46.7 Å². The summed E-state index contributed by atoms with van der Waals surface area (Å²) in [7, 11) is 1.80. The van der Waals surface area contributed by atoms with Gasteiger partial charge in [-0.15, -0.1) is 0 Å². The van der Waals surface area contributed by atoms with Gasteiger partial charge in [-0.3, -0.25) is 4.79 Å². The van der Waals surface area contributed by atoms with Crippen LogP contribution < -0.4 is 5.32 Å². The fraction of sp³-hybridized carbons (Fsp3) is 0.200. The smallest absolute Gasteiger partial charge is 0.257 e. The second kappa shape index (κ2) is 6.88. The van der Waals surface area contributed by atoms with Gasteiger partial charge in [0.05, 0.1) is 6.20 Å². The minimum atomic E-state index is -0.755. The van der Waals surface area contributed by atoms with Crippen LogP contribution in [0.25, 0.3) is 5.65 Å². The molecule has 0 aliphatic carbocycles. The minimum absolute atomic E-state index is 0.322. The molecule has 0 saturated carbocycles. The molecule has 0 aliphatic heterocycles. The summed E-state index contributed by atoms with van der Waals surface area (Å²) in [5.74, 6) is -0.292. The normalized spacial score (nSPS) is 12.3. The second-order valence-electron chi connectivity index (χ2n) is 6.66. The highest BCUT2D eigenvalue weighted by Gasteiger charge is 2.26. The average molecular weight is 378 g/mol. The number of halogens is 1. The Hall–Kier alpha value is -3.55. The lowest BCUT2D eigenvalue weighted by Gasteiger charge is -2.19. The molecule has 0 unspecified atom stereocenters. The van der Waals surface area contributed by atoms with Gasteiger partial charge < -0.3 is 9.88 Å². The van der Waals surface area contributed by atoms with Gasteiger partial charge in [-0.2, -0.15) is 5.10 Å². The molecule has 28 heavy (non-hydrogen) atoms. The van der Waals surface area contributed by atoms with Crippen molar-refractivity contribution in [3.63, 3.8) is 0 Å². The van der Waals surface area contributed by atoms with Crippen molar-refractivity contribution in [3.05, 3.63) is 83.1 Å². The number of imidazole rings is 1. The predicted molar refractivity (Wildman–Crippen MR) is 101 cm³/mol. The Morgan fingerprint density at radius 1 is 1.25 bits per heavy atom. The van der Waals surface area contributed by atoms with E-state index in [0.717, 1.165) is 11.4 Å². The molecule has 0 fully saturated rings. The molecule has 4 rings (SSSR count). The first-order valence-corrected chi connectivity index (χ1v) is 8.80. The summed E-state index contributed by atoms with van der Waals surface area (Å²) in [6, 6.07) is 7.46. The van der Waals surface area contributed by atoms with E-state index in [0.29, 0.717) is 22.6 Å². The summed E-state index contributed by atoms with van der Waals surface area (Å²) in [6.07, 6.45) is 4.83. The molecule has 1 atom stereocenters. The Kier molecular flexibility index (Phi) is 4.38. The van der Waals surface area contributed by atoms with E-state index in [1.165, 1.54) is 12.3 Å². The molecule has 0 saturated heterocycles. The summed E-state index contributed by atoms with van der Waals surface area (Å²) < 4.78 is 17.9. The van der Waals surface area contributed by atoms with Gasteiger partial charge in [0.15, 0.2) is 5.65 Å². The SMILES string of the molecule is Cc1cc(C)n2ncc(C(=O)N[C@@H](c3ccccc3F)c3nccn3C)c2n1. The number of amides is 1. The number of fused-ring (bicyclic) bond motifs is 1. The molecule has 3 aromatic heterocycles. The molecule has 7 nitrogen and oxygen atoms in total. The molecule has 0 aliphatic rings. The maximum absolute atomic E-state index is 14.5. The summed E-state index contributed by atoms with van der Waals surface area (Å²) >= 11 is 0. The second-order valence-corrected chi connectivity index (χ2v) is 6.66. The molecule has 3 heterocycles. The molecule has 1 aromatic carbocycles. The maximum atomic E-state index is 14.5. The van der Waals surface area contributed by atoms with Crippen LogP contribution >= 0.6 is 0 Å². The summed E-state index contributed by atoms with van der Waals surface area (Å²) in [6.45, 7) is 3.75. The molecule has 4 aromatic rings. The number of carbonyl (C=O) groups excluding carboxylic acids is 1. The van der Waals surface area contributed by atoms with Gasteiger partial charge in [-0.25, -0.2) is 18.9 Å². The van der Waals surface area contributed by atoms with Crippen LogP contribution in [0.5, 0.6) is 0 Å². The van der Waals surface area contributed by atoms with E-state index >= 15 is 0 Å². The van der Waals surface area contributed by atoms with Crippen LogP contribution in [0.1, 0.15) is 39.2 Å². The van der Waals surface area contributed by atoms with Crippen LogP contribution in [0, 0.1) is 19.7 Å². The number of aryl methyl sites for hydroxylation is 3. The zero-order chi connectivity index (χ0) is 19.8. The minimum Gasteiger partial charge on any atom is -0.338 e. The van der Waals surface area contributed by atoms with Crippen LogP contribution in [0.3, 0.4) is 0 Å². The molecule has 1 N–H and O–H groups in total. The van der Waals surface area contributed by atoms with Crippen molar-refractivity contribution in [1.82, 2.24) is 29.5 Å². The highest BCUT2D eigenvalue weighted by atomic mass is 19.1. The molecule has 0 spiro atoms. The number of hydrogen-bond donors (Lipinski definition) is 1. The highest BCUT2D eigenvalue weighted by molar-refractivity contribution is 6.00. The van der Waals surface area contributed by atoms with E-state index in [4.69, 9.17) is 0 Å². The van der Waals surface area contributed by atoms with E-state index in [-0.39, 0.29) is 0 Å². The Balaban J connectivity index is 1.77. The Morgan fingerprint density at radius 2 is 2.04 bits per heavy atom. The fourth-order valence-corrected chi connectivity index (χ4v) is 3.29. The Labute approximate surface area is 160 Å². The zero-order valence-corrected chi connectivity index (χ0v) is 15.7. The zero-order valence-electron chi connectivity index (χ0n) is 15.7. The lowest BCUT2D eigenvalue weighted by Crippen LogP contribution is -2.31. The molecule has 142 valence electrons. The van der Waals surface area contributed by atoms with Crippen LogP contribution in [-0.2, 0) is 7.05 Å². The first-order valence-electron chi connectivity index (χ1n) is 8.80. The quantitative estimate of drug-likeness (QED) is 0.592. The van der Waals surface area contributed by atoms with Gasteiger partial charge >= 0.3 is 0 Å². The topological polar surface area (TPSA) is 77.1 Å². The third-order valence-corrected chi connectivity index (χ3v) is 4.63. The van der Waals surface area contributed by atoms with Crippen molar-refractivity contribution in [2.75, 3.05) is 0 Å². The van der Waals surface area contributed by atoms with Gasteiger partial charge in [0.25, 0.3) is 5.91 Å². The number of nitrogens with one attached hydrogen (secondary N) is 1. The summed E-state index contributed by atoms with van der Waals surface area (Å²) in [5.41, 5.74) is 2.78. The first kappa shape index (κ1) is 17.8. The van der Waals surface area contributed by atoms with Gasteiger partial charge in [0.2, 0.25) is 0 Å². The van der Waals surface area contributed by atoms with Crippen molar-refractivity contribution in [3.8, 4) is 0 Å².